The molecule has 2 aromatic rings. The maximum Gasteiger partial charge on any atom is 0.340 e. The predicted molar refractivity (Wildman–Crippen MR) is 73.3 cm³/mol. The molecule has 0 saturated heterocycles. The minimum absolute atomic E-state index is 0.150. The molecule has 1 heterocycles. The molecule has 4 nitrogen and oxygen atoms in total. The standard InChI is InChI=1S/C10H5Cl2IN2O2/c11-7-2-1-5(3-8(7)12)15-9(13)6(4-14-15)10(16)17/h1-4H,(H,16,17). The number of aromatic nitrogens is 2. The maximum atomic E-state index is 10.9. The molecule has 88 valence electrons. The van der Waals surface area contributed by atoms with Gasteiger partial charge in [-0.15, -0.1) is 0 Å². The SMILES string of the molecule is O=C(O)c1cnn(-c2ccc(Cl)c(Cl)c2)c1I. The van der Waals surface area contributed by atoms with Gasteiger partial charge in [-0.3, -0.25) is 0 Å². The number of benzene rings is 1. The van der Waals surface area contributed by atoms with Crippen LogP contribution in [0, 0.1) is 3.70 Å². The third-order valence-corrected chi connectivity index (χ3v) is 3.87. The van der Waals surface area contributed by atoms with E-state index < -0.39 is 5.97 Å². The third-order valence-electron chi connectivity index (χ3n) is 2.09. The Bertz CT molecular complexity index is 598. The first-order valence-corrected chi connectivity index (χ1v) is 6.26. The molecule has 0 atom stereocenters. The quantitative estimate of drug-likeness (QED) is 0.809. The van der Waals surface area contributed by atoms with Crippen molar-refractivity contribution in [3.8, 4) is 5.69 Å². The first-order valence-electron chi connectivity index (χ1n) is 4.43. The fourth-order valence-corrected chi connectivity index (χ4v) is 2.34. The molecule has 1 aromatic carbocycles. The molecular formula is C10H5Cl2IN2O2. The lowest BCUT2D eigenvalue weighted by Crippen LogP contribution is -2.02. The Balaban J connectivity index is 2.53. The van der Waals surface area contributed by atoms with Crippen molar-refractivity contribution < 1.29 is 9.90 Å². The highest BCUT2D eigenvalue weighted by Gasteiger charge is 2.15. The zero-order chi connectivity index (χ0) is 12.6. The molecule has 0 fully saturated rings. The van der Waals surface area contributed by atoms with Crippen molar-refractivity contribution in [3.05, 3.63) is 43.7 Å². The van der Waals surface area contributed by atoms with Crippen LogP contribution in [-0.2, 0) is 0 Å². The summed E-state index contributed by atoms with van der Waals surface area (Å²) in [7, 11) is 0. The van der Waals surface area contributed by atoms with Crippen molar-refractivity contribution in [2.45, 2.75) is 0 Å². The lowest BCUT2D eigenvalue weighted by atomic mass is 10.3. The van der Waals surface area contributed by atoms with Crippen LogP contribution >= 0.6 is 45.8 Å². The Hall–Kier alpha value is -0.790. The molecule has 0 aliphatic heterocycles. The molecular weight excluding hydrogens is 378 g/mol. The fourth-order valence-electron chi connectivity index (χ4n) is 1.27. The molecule has 0 unspecified atom stereocenters. The second-order valence-corrected chi connectivity index (χ2v) is 5.00. The van der Waals surface area contributed by atoms with E-state index in [9.17, 15) is 4.79 Å². The lowest BCUT2D eigenvalue weighted by Gasteiger charge is -2.04. The van der Waals surface area contributed by atoms with Crippen LogP contribution in [0.5, 0.6) is 0 Å². The zero-order valence-electron chi connectivity index (χ0n) is 8.19. The first-order chi connectivity index (χ1) is 8.00. The van der Waals surface area contributed by atoms with Crippen LogP contribution in [0.4, 0.5) is 0 Å². The Labute approximate surface area is 120 Å². The lowest BCUT2D eigenvalue weighted by molar-refractivity contribution is 0.0695. The van der Waals surface area contributed by atoms with Crippen LogP contribution in [0.15, 0.2) is 24.4 Å². The molecule has 1 N–H and O–H groups in total. The number of rotatable bonds is 2. The third kappa shape index (κ3) is 2.41. The number of hydrogen-bond acceptors (Lipinski definition) is 2. The van der Waals surface area contributed by atoms with Crippen molar-refractivity contribution in [1.82, 2.24) is 9.78 Å². The van der Waals surface area contributed by atoms with Crippen molar-refractivity contribution >= 4 is 51.8 Å². The molecule has 0 aliphatic carbocycles. The van der Waals surface area contributed by atoms with Gasteiger partial charge in [0.2, 0.25) is 0 Å². The summed E-state index contributed by atoms with van der Waals surface area (Å²) < 4.78 is 2.00. The number of nitrogens with zero attached hydrogens (tertiary/aromatic N) is 2. The number of aromatic carboxylic acids is 1. The van der Waals surface area contributed by atoms with Crippen molar-refractivity contribution in [2.24, 2.45) is 0 Å². The van der Waals surface area contributed by atoms with E-state index in [1.807, 2.05) is 22.6 Å². The van der Waals surface area contributed by atoms with Crippen molar-refractivity contribution in [1.29, 1.82) is 0 Å². The van der Waals surface area contributed by atoms with E-state index in [4.69, 9.17) is 28.3 Å². The van der Waals surface area contributed by atoms with Crippen LogP contribution in [0.3, 0.4) is 0 Å². The van der Waals surface area contributed by atoms with Crippen LogP contribution in [0.25, 0.3) is 5.69 Å². The Morgan fingerprint density at radius 2 is 2.06 bits per heavy atom. The summed E-state index contributed by atoms with van der Waals surface area (Å²) in [6.07, 6.45) is 1.30. The van der Waals surface area contributed by atoms with E-state index in [1.54, 1.807) is 18.2 Å². The molecule has 0 amide bonds. The summed E-state index contributed by atoms with van der Waals surface area (Å²) in [5, 5.41) is 13.8. The molecule has 0 saturated carbocycles. The van der Waals surface area contributed by atoms with E-state index in [0.717, 1.165) is 0 Å². The summed E-state index contributed by atoms with van der Waals surface area (Å²) in [5.74, 6) is -1.01. The van der Waals surface area contributed by atoms with E-state index in [2.05, 4.69) is 5.10 Å². The number of carboxylic acids is 1. The van der Waals surface area contributed by atoms with E-state index in [1.165, 1.54) is 10.9 Å². The molecule has 17 heavy (non-hydrogen) atoms. The highest BCUT2D eigenvalue weighted by atomic mass is 127. The van der Waals surface area contributed by atoms with Crippen LogP contribution in [0.2, 0.25) is 10.0 Å². The molecule has 0 spiro atoms. The molecule has 7 heteroatoms. The van der Waals surface area contributed by atoms with Gasteiger partial charge in [-0.2, -0.15) is 5.10 Å². The zero-order valence-corrected chi connectivity index (χ0v) is 11.9. The van der Waals surface area contributed by atoms with E-state index in [0.29, 0.717) is 19.4 Å². The maximum absolute atomic E-state index is 10.9. The Morgan fingerprint density at radius 3 is 2.59 bits per heavy atom. The highest BCUT2D eigenvalue weighted by Crippen LogP contribution is 2.25. The second-order valence-electron chi connectivity index (χ2n) is 3.16. The van der Waals surface area contributed by atoms with Gasteiger partial charge >= 0.3 is 5.97 Å². The minimum atomic E-state index is -1.01. The van der Waals surface area contributed by atoms with Gasteiger partial charge in [-0.25, -0.2) is 9.48 Å². The molecule has 0 radical (unpaired) electrons. The van der Waals surface area contributed by atoms with Crippen molar-refractivity contribution in [2.75, 3.05) is 0 Å². The van der Waals surface area contributed by atoms with Gasteiger partial charge in [0, 0.05) is 0 Å². The average Bonchev–Trinajstić information content (AvgIpc) is 2.64. The van der Waals surface area contributed by atoms with Gasteiger partial charge in [0.1, 0.15) is 9.26 Å². The number of carbonyl (C=O) groups is 1. The van der Waals surface area contributed by atoms with Gasteiger partial charge in [-0.05, 0) is 40.8 Å². The normalized spacial score (nSPS) is 10.5. The Kier molecular flexibility index (Phi) is 3.60. The summed E-state index contributed by atoms with van der Waals surface area (Å²) >= 11 is 13.6. The van der Waals surface area contributed by atoms with Crippen LogP contribution in [0.1, 0.15) is 10.4 Å². The van der Waals surface area contributed by atoms with Crippen LogP contribution < -0.4 is 0 Å². The number of halogens is 3. The summed E-state index contributed by atoms with van der Waals surface area (Å²) in [5.41, 5.74) is 0.813. The van der Waals surface area contributed by atoms with Gasteiger partial charge in [-0.1, -0.05) is 23.2 Å². The predicted octanol–water partition coefficient (Wildman–Crippen LogP) is 3.48. The number of hydrogen-bond donors (Lipinski definition) is 1. The number of carboxylic acid groups (broad SMARTS) is 1. The minimum Gasteiger partial charge on any atom is -0.478 e. The van der Waals surface area contributed by atoms with E-state index >= 15 is 0 Å². The van der Waals surface area contributed by atoms with Gasteiger partial charge in [0.15, 0.2) is 0 Å². The molecule has 2 rings (SSSR count). The van der Waals surface area contributed by atoms with Gasteiger partial charge < -0.3 is 5.11 Å². The topological polar surface area (TPSA) is 55.1 Å². The summed E-state index contributed by atoms with van der Waals surface area (Å²) in [6.45, 7) is 0. The van der Waals surface area contributed by atoms with E-state index in [-0.39, 0.29) is 5.56 Å². The summed E-state index contributed by atoms with van der Waals surface area (Å²) in [4.78, 5) is 10.9. The Morgan fingerprint density at radius 1 is 1.35 bits per heavy atom. The largest absolute Gasteiger partial charge is 0.478 e. The van der Waals surface area contributed by atoms with Crippen molar-refractivity contribution in [3.63, 3.8) is 0 Å². The van der Waals surface area contributed by atoms with Crippen LogP contribution in [-0.4, -0.2) is 20.9 Å². The van der Waals surface area contributed by atoms with Gasteiger partial charge in [0.25, 0.3) is 0 Å². The monoisotopic (exact) mass is 382 g/mol. The first kappa shape index (κ1) is 12.7. The fraction of sp³-hybridized carbons (Fsp3) is 0. The molecule has 0 bridgehead atoms. The second kappa shape index (κ2) is 4.83. The highest BCUT2D eigenvalue weighted by molar-refractivity contribution is 14.1. The smallest absolute Gasteiger partial charge is 0.340 e. The molecule has 1 aromatic heterocycles. The molecule has 0 aliphatic rings. The average molecular weight is 383 g/mol. The summed E-state index contributed by atoms with van der Waals surface area (Å²) in [6, 6.07) is 4.98. The van der Waals surface area contributed by atoms with Gasteiger partial charge in [0.05, 0.1) is 21.9 Å².